The van der Waals surface area contributed by atoms with Crippen molar-refractivity contribution in [1.82, 2.24) is 19.6 Å². The van der Waals surface area contributed by atoms with Gasteiger partial charge in [-0.25, -0.2) is 14.5 Å². The second-order valence-electron chi connectivity index (χ2n) is 7.26. The standard InChI is InChI=1S/C20H18N6O2/c1-28-17-5-2-13(10-22-17)15-11-26-16(6-8-23-26)18(24-15)25-9-7-20(12-21,19(25)27)14-3-4-14/h2,5-6,8,10-11,14H,3-4,7,9H2,1H3/t20-/m1/s1. The molecule has 3 aromatic heterocycles. The number of hydrogen-bond acceptors (Lipinski definition) is 6. The summed E-state index contributed by atoms with van der Waals surface area (Å²) >= 11 is 0. The molecule has 28 heavy (non-hydrogen) atoms. The molecule has 3 aromatic rings. The molecule has 0 radical (unpaired) electrons. The van der Waals surface area contributed by atoms with E-state index in [1.54, 1.807) is 41.2 Å². The number of nitrogens with zero attached hydrogens (tertiary/aromatic N) is 6. The summed E-state index contributed by atoms with van der Waals surface area (Å²) in [5, 5.41) is 14.1. The smallest absolute Gasteiger partial charge is 0.249 e. The summed E-state index contributed by atoms with van der Waals surface area (Å²) in [6, 6.07) is 7.78. The van der Waals surface area contributed by atoms with Crippen LogP contribution in [0.4, 0.5) is 5.82 Å². The van der Waals surface area contributed by atoms with Gasteiger partial charge in [0.25, 0.3) is 0 Å². The second kappa shape index (κ2) is 6.02. The van der Waals surface area contributed by atoms with Crippen LogP contribution in [0, 0.1) is 22.7 Å². The molecule has 0 unspecified atom stereocenters. The number of amides is 1. The first kappa shape index (κ1) is 16.7. The SMILES string of the molecule is COc1ccc(-c2cn3nccc3c(N3CC[C@@](C#N)(C4CC4)C3=O)n2)cn1. The van der Waals surface area contributed by atoms with Gasteiger partial charge in [0.05, 0.1) is 31.3 Å². The average Bonchev–Trinajstić information content (AvgIpc) is 3.38. The fourth-order valence-electron chi connectivity index (χ4n) is 3.99. The Morgan fingerprint density at radius 2 is 2.18 bits per heavy atom. The Morgan fingerprint density at radius 3 is 2.86 bits per heavy atom. The predicted molar refractivity (Wildman–Crippen MR) is 101 cm³/mol. The van der Waals surface area contributed by atoms with Gasteiger partial charge in [0, 0.05) is 24.4 Å². The van der Waals surface area contributed by atoms with Gasteiger partial charge < -0.3 is 4.74 Å². The van der Waals surface area contributed by atoms with Gasteiger partial charge in [-0.05, 0) is 37.3 Å². The highest BCUT2D eigenvalue weighted by Gasteiger charge is 2.57. The van der Waals surface area contributed by atoms with Crippen molar-refractivity contribution in [3.05, 3.63) is 36.8 Å². The molecule has 0 aromatic carbocycles. The van der Waals surface area contributed by atoms with E-state index in [0.717, 1.165) is 23.9 Å². The van der Waals surface area contributed by atoms with Gasteiger partial charge in [-0.15, -0.1) is 0 Å². The number of anilines is 1. The van der Waals surface area contributed by atoms with E-state index in [2.05, 4.69) is 16.2 Å². The summed E-state index contributed by atoms with van der Waals surface area (Å²) in [7, 11) is 1.56. The monoisotopic (exact) mass is 374 g/mol. The zero-order valence-corrected chi connectivity index (χ0v) is 15.4. The number of hydrogen-bond donors (Lipinski definition) is 0. The van der Waals surface area contributed by atoms with Gasteiger partial charge in [-0.1, -0.05) is 0 Å². The lowest BCUT2D eigenvalue weighted by atomic mass is 9.83. The molecule has 8 nitrogen and oxygen atoms in total. The minimum absolute atomic E-state index is 0.141. The Labute approximate surface area is 161 Å². The zero-order chi connectivity index (χ0) is 19.3. The summed E-state index contributed by atoms with van der Waals surface area (Å²) in [4.78, 5) is 23.9. The topological polar surface area (TPSA) is 96.4 Å². The van der Waals surface area contributed by atoms with E-state index in [1.165, 1.54) is 0 Å². The van der Waals surface area contributed by atoms with E-state index in [-0.39, 0.29) is 11.8 Å². The van der Waals surface area contributed by atoms with Crippen molar-refractivity contribution in [3.63, 3.8) is 0 Å². The Kier molecular flexibility index (Phi) is 3.59. The van der Waals surface area contributed by atoms with E-state index in [4.69, 9.17) is 9.72 Å². The van der Waals surface area contributed by atoms with Gasteiger partial charge in [-0.2, -0.15) is 10.4 Å². The van der Waals surface area contributed by atoms with E-state index in [0.29, 0.717) is 30.4 Å². The molecule has 4 heterocycles. The van der Waals surface area contributed by atoms with Crippen molar-refractivity contribution in [3.8, 4) is 23.2 Å². The maximum absolute atomic E-state index is 13.2. The first-order chi connectivity index (χ1) is 13.7. The lowest BCUT2D eigenvalue weighted by molar-refractivity contribution is -0.123. The minimum Gasteiger partial charge on any atom is -0.481 e. The maximum Gasteiger partial charge on any atom is 0.249 e. The van der Waals surface area contributed by atoms with Crippen LogP contribution < -0.4 is 9.64 Å². The van der Waals surface area contributed by atoms with Crippen LogP contribution in [0.1, 0.15) is 19.3 Å². The molecular formula is C20H18N6O2. The number of aromatic nitrogens is 4. The summed E-state index contributed by atoms with van der Waals surface area (Å²) < 4.78 is 6.82. The normalized spacial score (nSPS) is 21.9. The fourth-order valence-corrected chi connectivity index (χ4v) is 3.99. The summed E-state index contributed by atoms with van der Waals surface area (Å²) in [5.74, 6) is 1.08. The van der Waals surface area contributed by atoms with Gasteiger partial charge in [0.2, 0.25) is 11.8 Å². The van der Waals surface area contributed by atoms with E-state index >= 15 is 0 Å². The molecule has 1 saturated carbocycles. The van der Waals surface area contributed by atoms with Crippen LogP contribution in [-0.2, 0) is 4.79 Å². The van der Waals surface area contributed by atoms with Crippen LogP contribution in [0.25, 0.3) is 16.8 Å². The van der Waals surface area contributed by atoms with Crippen LogP contribution in [-0.4, -0.2) is 39.1 Å². The predicted octanol–water partition coefficient (Wildman–Crippen LogP) is 2.46. The number of carbonyl (C=O) groups excluding carboxylic acids is 1. The molecule has 1 aliphatic heterocycles. The van der Waals surface area contributed by atoms with Crippen LogP contribution >= 0.6 is 0 Å². The van der Waals surface area contributed by atoms with Gasteiger partial charge >= 0.3 is 0 Å². The number of nitriles is 1. The lowest BCUT2D eigenvalue weighted by Gasteiger charge is -2.21. The van der Waals surface area contributed by atoms with Crippen LogP contribution in [0.2, 0.25) is 0 Å². The molecule has 0 bridgehead atoms. The van der Waals surface area contributed by atoms with Gasteiger partial charge in [0.15, 0.2) is 5.82 Å². The van der Waals surface area contributed by atoms with Crippen molar-refractivity contribution >= 4 is 17.2 Å². The number of pyridine rings is 1. The van der Waals surface area contributed by atoms with Crippen LogP contribution in [0.5, 0.6) is 5.88 Å². The molecule has 1 aliphatic carbocycles. The summed E-state index contributed by atoms with van der Waals surface area (Å²) in [6.07, 6.45) is 7.59. The number of carbonyl (C=O) groups is 1. The number of fused-ring (bicyclic) bond motifs is 1. The molecule has 1 atom stereocenters. The average molecular weight is 374 g/mol. The van der Waals surface area contributed by atoms with Crippen molar-refractivity contribution in [2.45, 2.75) is 19.3 Å². The highest BCUT2D eigenvalue weighted by atomic mass is 16.5. The van der Waals surface area contributed by atoms with Crippen molar-refractivity contribution in [2.75, 3.05) is 18.6 Å². The van der Waals surface area contributed by atoms with Gasteiger partial charge in [-0.3, -0.25) is 9.69 Å². The second-order valence-corrected chi connectivity index (χ2v) is 7.26. The van der Waals surface area contributed by atoms with Crippen molar-refractivity contribution in [1.29, 1.82) is 5.26 Å². The Hall–Kier alpha value is -3.47. The minimum atomic E-state index is -0.906. The van der Waals surface area contributed by atoms with Crippen LogP contribution in [0.15, 0.2) is 36.8 Å². The Morgan fingerprint density at radius 1 is 1.32 bits per heavy atom. The quantitative estimate of drug-likeness (QED) is 0.696. The molecular weight excluding hydrogens is 356 g/mol. The molecule has 140 valence electrons. The molecule has 0 spiro atoms. The Balaban J connectivity index is 1.60. The number of rotatable bonds is 4. The lowest BCUT2D eigenvalue weighted by Crippen LogP contribution is -2.36. The zero-order valence-electron chi connectivity index (χ0n) is 15.4. The van der Waals surface area contributed by atoms with Crippen molar-refractivity contribution < 1.29 is 9.53 Å². The largest absolute Gasteiger partial charge is 0.481 e. The number of ether oxygens (including phenoxy) is 1. The number of methoxy groups -OCH3 is 1. The molecule has 2 aliphatic rings. The molecule has 5 rings (SSSR count). The summed E-state index contributed by atoms with van der Waals surface area (Å²) in [6.45, 7) is 0.487. The third kappa shape index (κ3) is 2.36. The van der Waals surface area contributed by atoms with E-state index in [1.807, 2.05) is 12.1 Å². The first-order valence-corrected chi connectivity index (χ1v) is 9.24. The Bertz CT molecular complexity index is 1110. The van der Waals surface area contributed by atoms with Gasteiger partial charge in [0.1, 0.15) is 10.9 Å². The molecule has 1 amide bonds. The van der Waals surface area contributed by atoms with Crippen LogP contribution in [0.3, 0.4) is 0 Å². The molecule has 1 saturated heterocycles. The van der Waals surface area contributed by atoms with E-state index in [9.17, 15) is 10.1 Å². The third-order valence-corrected chi connectivity index (χ3v) is 5.70. The van der Waals surface area contributed by atoms with Crippen molar-refractivity contribution in [2.24, 2.45) is 11.3 Å². The first-order valence-electron chi connectivity index (χ1n) is 9.24. The molecule has 8 heteroatoms. The molecule has 0 N–H and O–H groups in total. The molecule has 2 fully saturated rings. The third-order valence-electron chi connectivity index (χ3n) is 5.70. The summed E-state index contributed by atoms with van der Waals surface area (Å²) in [5.41, 5.74) is 1.27. The highest BCUT2D eigenvalue weighted by molar-refractivity contribution is 6.04. The fraction of sp³-hybridized carbons (Fsp3) is 0.350. The van der Waals surface area contributed by atoms with E-state index < -0.39 is 5.41 Å². The highest BCUT2D eigenvalue weighted by Crippen LogP contribution is 2.52. The maximum atomic E-state index is 13.2.